The lowest BCUT2D eigenvalue weighted by molar-refractivity contribution is -0.193. The summed E-state index contributed by atoms with van der Waals surface area (Å²) in [6.45, 7) is 5.15. The third-order valence-electron chi connectivity index (χ3n) is 6.12. The van der Waals surface area contributed by atoms with Gasteiger partial charge in [0.15, 0.2) is 0 Å². The van der Waals surface area contributed by atoms with Crippen molar-refractivity contribution in [1.29, 1.82) is 0 Å². The minimum Gasteiger partial charge on any atom is -0.475 e. The molecule has 4 N–H and O–H groups in total. The van der Waals surface area contributed by atoms with Crippen LogP contribution < -0.4 is 0 Å². The van der Waals surface area contributed by atoms with E-state index in [4.69, 9.17) is 19.8 Å². The molecule has 2 aromatic rings. The van der Waals surface area contributed by atoms with Crippen LogP contribution in [0.15, 0.2) is 36.5 Å². The number of aliphatic hydroxyl groups excluding tert-OH is 1. The number of hydrogen-bond donors (Lipinski definition) is 4. The molecule has 0 amide bonds. The van der Waals surface area contributed by atoms with E-state index in [9.17, 15) is 31.4 Å². The van der Waals surface area contributed by atoms with E-state index in [1.54, 1.807) is 0 Å². The first-order valence-electron chi connectivity index (χ1n) is 12.0. The molecule has 1 aliphatic heterocycles. The number of aromatic nitrogens is 2. The quantitative estimate of drug-likeness (QED) is 0.411. The average Bonchev–Trinajstić information content (AvgIpc) is 3.34. The van der Waals surface area contributed by atoms with Gasteiger partial charge in [-0.3, -0.25) is 9.80 Å². The Hall–Kier alpha value is -3.17. The maximum Gasteiger partial charge on any atom is 0.490 e. The molecular formula is C24H30F6N4O5. The summed E-state index contributed by atoms with van der Waals surface area (Å²) < 4.78 is 63.5. The predicted octanol–water partition coefficient (Wildman–Crippen LogP) is 3.76. The number of carbonyl (C=O) groups is 2. The minimum absolute atomic E-state index is 0.124. The maximum atomic E-state index is 10.6. The van der Waals surface area contributed by atoms with Crippen molar-refractivity contribution < 1.29 is 51.3 Å². The van der Waals surface area contributed by atoms with Gasteiger partial charge in [0.05, 0.1) is 6.10 Å². The fraction of sp³-hybridized carbons (Fsp3) is 0.542. The van der Waals surface area contributed by atoms with E-state index >= 15 is 0 Å². The number of imidazole rings is 1. The van der Waals surface area contributed by atoms with Crippen LogP contribution >= 0.6 is 0 Å². The molecule has 2 atom stereocenters. The van der Waals surface area contributed by atoms with Gasteiger partial charge >= 0.3 is 24.3 Å². The minimum atomic E-state index is -5.08. The lowest BCUT2D eigenvalue weighted by Crippen LogP contribution is -2.54. The molecule has 2 aliphatic rings. The van der Waals surface area contributed by atoms with Gasteiger partial charge < -0.3 is 20.3 Å². The molecule has 0 radical (unpaired) electrons. The van der Waals surface area contributed by atoms with Gasteiger partial charge in [-0.15, -0.1) is 0 Å². The summed E-state index contributed by atoms with van der Waals surface area (Å²) in [5.74, 6) is -4.57. The van der Waals surface area contributed by atoms with Gasteiger partial charge in [0.1, 0.15) is 5.82 Å². The molecule has 0 unspecified atom stereocenters. The topological polar surface area (TPSA) is 130 Å². The second-order valence-electron chi connectivity index (χ2n) is 8.96. The molecule has 9 nitrogen and oxygen atoms in total. The van der Waals surface area contributed by atoms with Crippen LogP contribution in [0.4, 0.5) is 26.3 Å². The summed E-state index contributed by atoms with van der Waals surface area (Å²) in [5, 5.41) is 24.5. The third kappa shape index (κ3) is 10.8. The highest BCUT2D eigenvalue weighted by Crippen LogP contribution is 2.24. The summed E-state index contributed by atoms with van der Waals surface area (Å²) in [6, 6.07) is 10.6. The van der Waals surface area contributed by atoms with Gasteiger partial charge in [-0.25, -0.2) is 14.6 Å². The van der Waals surface area contributed by atoms with Crippen LogP contribution in [0.1, 0.15) is 31.4 Å². The lowest BCUT2D eigenvalue weighted by Gasteiger charge is -2.42. The van der Waals surface area contributed by atoms with Crippen LogP contribution in [0.5, 0.6) is 0 Å². The van der Waals surface area contributed by atoms with E-state index in [1.807, 2.05) is 24.4 Å². The van der Waals surface area contributed by atoms with Crippen molar-refractivity contribution in [3.63, 3.8) is 0 Å². The molecule has 0 spiro atoms. The summed E-state index contributed by atoms with van der Waals surface area (Å²) in [7, 11) is 0. The van der Waals surface area contributed by atoms with Crippen LogP contribution in [0.3, 0.4) is 0 Å². The second-order valence-corrected chi connectivity index (χ2v) is 8.96. The van der Waals surface area contributed by atoms with E-state index in [2.05, 4.69) is 31.9 Å². The first-order chi connectivity index (χ1) is 18.2. The first kappa shape index (κ1) is 32.0. The number of piperazine rings is 1. The Bertz CT molecular complexity index is 1020. The highest BCUT2D eigenvalue weighted by atomic mass is 19.4. The molecule has 1 aliphatic carbocycles. The number of aliphatic carboxylic acids is 2. The molecule has 1 aromatic carbocycles. The van der Waals surface area contributed by atoms with Gasteiger partial charge in [-0.1, -0.05) is 43.2 Å². The number of H-pyrrole nitrogens is 1. The maximum absolute atomic E-state index is 10.6. The van der Waals surface area contributed by atoms with E-state index in [1.165, 1.54) is 18.5 Å². The fourth-order valence-electron chi connectivity index (χ4n) is 4.19. The monoisotopic (exact) mass is 568 g/mol. The zero-order valence-electron chi connectivity index (χ0n) is 20.8. The number of nitrogens with zero attached hydrogens (tertiary/aromatic N) is 3. The number of rotatable bonds is 4. The number of nitrogens with one attached hydrogen (secondary N) is 1. The van der Waals surface area contributed by atoms with Crippen molar-refractivity contribution in [2.24, 2.45) is 0 Å². The number of aliphatic hydroxyl groups is 1. The fourth-order valence-corrected chi connectivity index (χ4v) is 4.19. The Labute approximate surface area is 220 Å². The van der Waals surface area contributed by atoms with E-state index in [-0.39, 0.29) is 6.10 Å². The van der Waals surface area contributed by atoms with Gasteiger partial charge in [-0.2, -0.15) is 26.3 Å². The summed E-state index contributed by atoms with van der Waals surface area (Å²) in [5.41, 5.74) is 2.30. The zero-order chi connectivity index (χ0) is 29.2. The Morgan fingerprint density at radius 3 is 1.90 bits per heavy atom. The van der Waals surface area contributed by atoms with Gasteiger partial charge in [-0.05, 0) is 12.8 Å². The highest BCUT2D eigenvalue weighted by Gasteiger charge is 2.39. The molecular weight excluding hydrogens is 538 g/mol. The van der Waals surface area contributed by atoms with E-state index < -0.39 is 24.3 Å². The van der Waals surface area contributed by atoms with Crippen molar-refractivity contribution in [2.75, 3.05) is 26.2 Å². The zero-order valence-corrected chi connectivity index (χ0v) is 20.8. The molecule has 0 bridgehead atoms. The molecule has 1 aromatic heterocycles. The normalized spacial score (nSPS) is 20.7. The van der Waals surface area contributed by atoms with E-state index in [0.29, 0.717) is 6.04 Å². The smallest absolute Gasteiger partial charge is 0.475 e. The lowest BCUT2D eigenvalue weighted by atomic mass is 9.91. The number of hydrogen-bond acceptors (Lipinski definition) is 6. The highest BCUT2D eigenvalue weighted by molar-refractivity contribution is 5.73. The SMILES string of the molecule is O=C(O)C(F)(F)F.O=C(O)C(F)(F)F.O[C@H]1CCCC[C@@H]1N1CCN(Cc2cnc(-c3ccccc3)[nH]2)CC1. The first-order valence-corrected chi connectivity index (χ1v) is 12.0. The van der Waals surface area contributed by atoms with Gasteiger partial charge in [0.2, 0.25) is 0 Å². The Morgan fingerprint density at radius 2 is 1.41 bits per heavy atom. The summed E-state index contributed by atoms with van der Waals surface area (Å²) >= 11 is 0. The molecule has 39 heavy (non-hydrogen) atoms. The molecule has 15 heteroatoms. The third-order valence-corrected chi connectivity index (χ3v) is 6.12. The largest absolute Gasteiger partial charge is 0.490 e. The number of carboxylic acids is 2. The summed E-state index contributed by atoms with van der Waals surface area (Å²) in [6.07, 6.45) is -3.76. The Morgan fingerprint density at radius 1 is 0.897 bits per heavy atom. The number of carboxylic acid groups (broad SMARTS) is 2. The van der Waals surface area contributed by atoms with Crippen LogP contribution in [0.25, 0.3) is 11.4 Å². The van der Waals surface area contributed by atoms with Crippen molar-refractivity contribution in [3.8, 4) is 11.4 Å². The number of aromatic amines is 1. The van der Waals surface area contributed by atoms with Gasteiger partial charge in [0, 0.05) is 56.2 Å². The van der Waals surface area contributed by atoms with Crippen molar-refractivity contribution in [1.82, 2.24) is 19.8 Å². The molecule has 1 saturated carbocycles. The van der Waals surface area contributed by atoms with Gasteiger partial charge in [0.25, 0.3) is 0 Å². The number of alkyl halides is 6. The van der Waals surface area contributed by atoms with Crippen LogP contribution in [-0.4, -0.2) is 97.7 Å². The van der Waals surface area contributed by atoms with Crippen LogP contribution in [-0.2, 0) is 16.1 Å². The molecule has 218 valence electrons. The second kappa shape index (κ2) is 14.3. The molecule has 2 heterocycles. The molecule has 1 saturated heterocycles. The molecule has 4 rings (SSSR count). The van der Waals surface area contributed by atoms with Crippen molar-refractivity contribution in [3.05, 3.63) is 42.2 Å². The Kier molecular flexibility index (Phi) is 11.7. The van der Waals surface area contributed by atoms with Crippen LogP contribution in [0, 0.1) is 0 Å². The van der Waals surface area contributed by atoms with Crippen LogP contribution in [0.2, 0.25) is 0 Å². The average molecular weight is 569 g/mol. The molecule has 2 fully saturated rings. The predicted molar refractivity (Wildman–Crippen MR) is 127 cm³/mol. The standard InChI is InChI=1S/C20H28N4O.2C2HF3O2/c25-19-9-5-4-8-18(19)24-12-10-23(11-13-24)15-17-14-21-20(22-17)16-6-2-1-3-7-16;2*3-2(4,5)1(6)7/h1-3,6-7,14,18-19,25H,4-5,8-13,15H2,(H,21,22);2*(H,6,7)/t18-,19-;;/m0../s1. The summed E-state index contributed by atoms with van der Waals surface area (Å²) in [4.78, 5) is 30.8. The van der Waals surface area contributed by atoms with Crippen molar-refractivity contribution >= 4 is 11.9 Å². The Balaban J connectivity index is 0.000000317. The number of halogens is 6. The number of benzene rings is 1. The van der Waals surface area contributed by atoms with E-state index in [0.717, 1.165) is 57.0 Å². The van der Waals surface area contributed by atoms with Crippen molar-refractivity contribution in [2.45, 2.75) is 56.7 Å².